The third-order valence-corrected chi connectivity index (χ3v) is 3.81. The van der Waals surface area contributed by atoms with E-state index in [0.717, 1.165) is 0 Å². The van der Waals surface area contributed by atoms with Gasteiger partial charge >= 0.3 is 0 Å². The highest BCUT2D eigenvalue weighted by atomic mass is 16.1. The maximum absolute atomic E-state index is 11.6. The second-order valence-electron chi connectivity index (χ2n) is 5.47. The molecule has 0 aromatic heterocycles. The van der Waals surface area contributed by atoms with Gasteiger partial charge in [-0.1, -0.05) is 72.8 Å². The van der Waals surface area contributed by atoms with Crippen LogP contribution in [0.25, 0.3) is 17.7 Å². The van der Waals surface area contributed by atoms with Crippen LogP contribution in [0.4, 0.5) is 0 Å². The molecule has 0 fully saturated rings. The van der Waals surface area contributed by atoms with E-state index in [1.807, 2.05) is 18.2 Å². The van der Waals surface area contributed by atoms with Gasteiger partial charge in [0.15, 0.2) is 0 Å². The fourth-order valence-corrected chi connectivity index (χ4v) is 2.83. The first kappa shape index (κ1) is 13.6. The fourth-order valence-electron chi connectivity index (χ4n) is 2.83. The van der Waals surface area contributed by atoms with E-state index in [2.05, 4.69) is 54.6 Å². The average molecular weight is 274 g/mol. The van der Waals surface area contributed by atoms with Crippen molar-refractivity contribution in [2.45, 2.75) is 13.3 Å². The summed E-state index contributed by atoms with van der Waals surface area (Å²) in [5.41, 5.74) is 4.86. The Morgan fingerprint density at radius 3 is 2.52 bits per heavy atom. The lowest BCUT2D eigenvalue weighted by atomic mass is 9.81. The number of fused-ring (bicyclic) bond motifs is 1. The maximum Gasteiger partial charge on any atom is 0.130 e. The molecule has 0 heterocycles. The number of allylic oxidation sites excluding steroid dienone is 2. The number of hydrogen-bond acceptors (Lipinski definition) is 1. The van der Waals surface area contributed by atoms with Gasteiger partial charge in [-0.2, -0.15) is 0 Å². The van der Waals surface area contributed by atoms with Crippen molar-refractivity contribution in [1.29, 1.82) is 0 Å². The zero-order chi connectivity index (χ0) is 14.7. The lowest BCUT2D eigenvalue weighted by Crippen LogP contribution is -2.09. The molecule has 0 bridgehead atoms. The highest BCUT2D eigenvalue weighted by molar-refractivity contribution is 5.92. The van der Waals surface area contributed by atoms with Crippen molar-refractivity contribution in [3.05, 3.63) is 77.4 Å². The Bertz CT molecular complexity index is 708. The summed E-state index contributed by atoms with van der Waals surface area (Å²) >= 11 is 0. The van der Waals surface area contributed by atoms with E-state index in [1.165, 1.54) is 22.3 Å². The normalized spacial score (nSPS) is 18.5. The van der Waals surface area contributed by atoms with E-state index in [9.17, 15) is 4.79 Å². The van der Waals surface area contributed by atoms with Crippen molar-refractivity contribution < 1.29 is 4.79 Å². The summed E-state index contributed by atoms with van der Waals surface area (Å²) in [6.45, 7) is 1.66. The Hall–Kier alpha value is -2.41. The van der Waals surface area contributed by atoms with Crippen LogP contribution in [0.5, 0.6) is 0 Å². The summed E-state index contributed by atoms with van der Waals surface area (Å²) in [5, 5.41) is 0. The number of carbonyl (C=O) groups is 1. The number of benzene rings is 2. The first-order valence-corrected chi connectivity index (χ1v) is 7.28. The smallest absolute Gasteiger partial charge is 0.130 e. The Kier molecular flexibility index (Phi) is 3.83. The van der Waals surface area contributed by atoms with Gasteiger partial charge in [-0.05, 0) is 29.2 Å². The van der Waals surface area contributed by atoms with E-state index in [4.69, 9.17) is 0 Å². The van der Waals surface area contributed by atoms with Crippen LogP contribution in [-0.2, 0) is 4.79 Å². The Balaban J connectivity index is 2.09. The monoisotopic (exact) mass is 274 g/mol. The SMILES string of the molecule is CC(=O)CC1C=Cc2ccccc2/C1=C/c1ccccc1. The molecule has 1 unspecified atom stereocenters. The summed E-state index contributed by atoms with van der Waals surface area (Å²) in [6.07, 6.45) is 7.04. The van der Waals surface area contributed by atoms with Gasteiger partial charge in [0.25, 0.3) is 0 Å². The summed E-state index contributed by atoms with van der Waals surface area (Å²) in [4.78, 5) is 11.6. The molecule has 21 heavy (non-hydrogen) atoms. The van der Waals surface area contributed by atoms with E-state index in [0.29, 0.717) is 6.42 Å². The standard InChI is InChI=1S/C20H18O/c1-15(21)13-18-12-11-17-9-5-6-10-19(17)20(18)14-16-7-3-2-4-8-16/h2-12,14,18H,13H2,1H3/b20-14+. The van der Waals surface area contributed by atoms with Crippen LogP contribution in [0.15, 0.2) is 60.7 Å². The molecule has 0 amide bonds. The minimum atomic E-state index is 0.164. The minimum Gasteiger partial charge on any atom is -0.300 e. The van der Waals surface area contributed by atoms with Crippen molar-refractivity contribution >= 4 is 23.5 Å². The molecule has 3 rings (SSSR count). The molecule has 0 N–H and O–H groups in total. The van der Waals surface area contributed by atoms with E-state index < -0.39 is 0 Å². The highest BCUT2D eigenvalue weighted by Crippen LogP contribution is 2.36. The van der Waals surface area contributed by atoms with Crippen LogP contribution in [0, 0.1) is 5.92 Å². The van der Waals surface area contributed by atoms with Gasteiger partial charge in [-0.3, -0.25) is 4.79 Å². The molecule has 1 heteroatoms. The van der Waals surface area contributed by atoms with Crippen LogP contribution >= 0.6 is 0 Å². The van der Waals surface area contributed by atoms with E-state index >= 15 is 0 Å². The number of hydrogen-bond donors (Lipinski definition) is 0. The third-order valence-electron chi connectivity index (χ3n) is 3.81. The van der Waals surface area contributed by atoms with Gasteiger partial charge in [0, 0.05) is 12.3 Å². The number of carbonyl (C=O) groups excluding carboxylic acids is 1. The lowest BCUT2D eigenvalue weighted by Gasteiger charge is -2.23. The van der Waals surface area contributed by atoms with Crippen LogP contribution in [0.2, 0.25) is 0 Å². The van der Waals surface area contributed by atoms with Crippen molar-refractivity contribution in [2.75, 3.05) is 0 Å². The summed E-state index contributed by atoms with van der Waals surface area (Å²) in [5.74, 6) is 0.389. The molecule has 0 aliphatic heterocycles. The predicted molar refractivity (Wildman–Crippen MR) is 88.6 cm³/mol. The molecule has 0 saturated heterocycles. The zero-order valence-corrected chi connectivity index (χ0v) is 12.1. The molecule has 0 radical (unpaired) electrons. The fraction of sp³-hybridized carbons (Fsp3) is 0.150. The molecule has 1 aliphatic carbocycles. The van der Waals surface area contributed by atoms with Crippen LogP contribution in [0.1, 0.15) is 30.0 Å². The third kappa shape index (κ3) is 3.03. The minimum absolute atomic E-state index is 0.164. The summed E-state index contributed by atoms with van der Waals surface area (Å²) in [7, 11) is 0. The molecule has 0 spiro atoms. The van der Waals surface area contributed by atoms with Crippen LogP contribution in [-0.4, -0.2) is 5.78 Å². The van der Waals surface area contributed by atoms with Gasteiger partial charge < -0.3 is 0 Å². The van der Waals surface area contributed by atoms with Crippen molar-refractivity contribution in [3.63, 3.8) is 0 Å². The van der Waals surface area contributed by atoms with E-state index in [-0.39, 0.29) is 11.7 Å². The molecule has 1 aliphatic rings. The molecule has 2 aromatic rings. The number of Topliss-reactive ketones (excluding diaryl/α,β-unsaturated/α-hetero) is 1. The van der Waals surface area contributed by atoms with Gasteiger partial charge in [-0.25, -0.2) is 0 Å². The van der Waals surface area contributed by atoms with Crippen molar-refractivity contribution in [1.82, 2.24) is 0 Å². The van der Waals surface area contributed by atoms with Gasteiger partial charge in [-0.15, -0.1) is 0 Å². The quantitative estimate of drug-likeness (QED) is 0.782. The van der Waals surface area contributed by atoms with Gasteiger partial charge in [0.05, 0.1) is 0 Å². The molecule has 2 aromatic carbocycles. The second kappa shape index (κ2) is 5.92. The summed E-state index contributed by atoms with van der Waals surface area (Å²) in [6, 6.07) is 18.7. The molecule has 1 nitrogen and oxygen atoms in total. The Morgan fingerprint density at radius 1 is 1.05 bits per heavy atom. The molecular formula is C20H18O. The van der Waals surface area contributed by atoms with Crippen LogP contribution < -0.4 is 0 Å². The Labute approximate surface area is 125 Å². The van der Waals surface area contributed by atoms with Gasteiger partial charge in [0.1, 0.15) is 5.78 Å². The topological polar surface area (TPSA) is 17.1 Å². The Morgan fingerprint density at radius 2 is 1.76 bits per heavy atom. The predicted octanol–water partition coefficient (Wildman–Crippen LogP) is 4.85. The van der Waals surface area contributed by atoms with Gasteiger partial charge in [0.2, 0.25) is 0 Å². The van der Waals surface area contributed by atoms with Crippen LogP contribution in [0.3, 0.4) is 0 Å². The molecule has 104 valence electrons. The first-order chi connectivity index (χ1) is 10.2. The summed E-state index contributed by atoms with van der Waals surface area (Å²) < 4.78 is 0. The first-order valence-electron chi connectivity index (χ1n) is 7.28. The molecule has 1 atom stereocenters. The molecule has 0 saturated carbocycles. The molecular weight excluding hydrogens is 256 g/mol. The number of rotatable bonds is 3. The van der Waals surface area contributed by atoms with E-state index in [1.54, 1.807) is 6.92 Å². The van der Waals surface area contributed by atoms with Crippen molar-refractivity contribution in [3.8, 4) is 0 Å². The second-order valence-corrected chi connectivity index (χ2v) is 5.47. The maximum atomic E-state index is 11.6. The average Bonchev–Trinajstić information content (AvgIpc) is 2.50. The zero-order valence-electron chi connectivity index (χ0n) is 12.1. The largest absolute Gasteiger partial charge is 0.300 e. The van der Waals surface area contributed by atoms with Crippen molar-refractivity contribution in [2.24, 2.45) is 5.92 Å². The number of ketones is 1. The lowest BCUT2D eigenvalue weighted by molar-refractivity contribution is -0.117. The highest BCUT2D eigenvalue weighted by Gasteiger charge is 2.20.